The number of benzene rings is 3. The number of aromatic carboxylic acids is 1. The van der Waals surface area contributed by atoms with Crippen LogP contribution < -0.4 is 14.2 Å². The zero-order valence-corrected chi connectivity index (χ0v) is 32.4. The monoisotopic (exact) mass is 792 g/mol. The Morgan fingerprint density at radius 3 is 1.96 bits per heavy atom. The van der Waals surface area contributed by atoms with Gasteiger partial charge in [-0.15, -0.1) is 0 Å². The molecular weight excluding hydrogens is 751 g/mol. The summed E-state index contributed by atoms with van der Waals surface area (Å²) in [7, 11) is -1.83. The first kappa shape index (κ1) is 41.3. The van der Waals surface area contributed by atoms with Gasteiger partial charge in [-0.3, -0.25) is 4.79 Å². The van der Waals surface area contributed by atoms with E-state index in [1.54, 1.807) is 54.6 Å². The number of nitrogens with zero attached hydrogens (tertiary/aromatic N) is 4. The van der Waals surface area contributed by atoms with E-state index in [0.717, 1.165) is 8.99 Å². The lowest BCUT2D eigenvalue weighted by Gasteiger charge is -2.26. The van der Waals surface area contributed by atoms with Crippen LogP contribution in [-0.4, -0.2) is 70.5 Å². The molecule has 0 unspecified atom stereocenters. The SMILES string of the molecule is COc1ccc(CN(Cc2ccc(OC)cc2)S(=O)(=O)c2nn(C(C)(C)COc3cc(-c4cc(F)cc(C(C)C)c4CC(=O)O)ccn3)c(C(=O)O)c2F)cc1. The Bertz CT molecular complexity index is 2280. The first-order chi connectivity index (χ1) is 26.4. The zero-order chi connectivity index (χ0) is 40.9. The second-order valence-corrected chi connectivity index (χ2v) is 15.7. The number of ether oxygens (including phenoxy) is 3. The van der Waals surface area contributed by atoms with Crippen LogP contribution in [0.2, 0.25) is 0 Å². The fourth-order valence-electron chi connectivity index (χ4n) is 6.13. The highest BCUT2D eigenvalue weighted by atomic mass is 32.2. The summed E-state index contributed by atoms with van der Waals surface area (Å²) < 4.78 is 77.8. The van der Waals surface area contributed by atoms with Crippen LogP contribution in [0.25, 0.3) is 11.1 Å². The molecule has 0 amide bonds. The van der Waals surface area contributed by atoms with Crippen molar-refractivity contribution < 1.29 is 51.2 Å². The summed E-state index contributed by atoms with van der Waals surface area (Å²) in [4.78, 5) is 28.5. The molecule has 0 bridgehead atoms. The lowest BCUT2D eigenvalue weighted by atomic mass is 9.88. The molecule has 0 spiro atoms. The van der Waals surface area contributed by atoms with Crippen LogP contribution in [0.15, 0.2) is 84.0 Å². The topological polar surface area (TPSA) is 170 Å². The number of aliphatic carboxylic acids is 1. The van der Waals surface area contributed by atoms with Crippen molar-refractivity contribution in [2.75, 3.05) is 20.8 Å². The number of hydrogen-bond donors (Lipinski definition) is 2. The standard InChI is InChI=1S/C40H42F2N4O9S/c1-24(2)31-18-28(41)19-32(33(31)20-35(47)48)27-15-16-43-34(17-27)55-23-40(3,4)46-37(39(49)50)36(42)38(44-46)56(51,52)45(21-25-7-11-29(53-5)12-8-25)22-26-9-13-30(54-6)14-10-26/h7-19,24H,20-23H2,1-6H3,(H,47,48)(H,49,50). The van der Waals surface area contributed by atoms with Crippen molar-refractivity contribution in [1.82, 2.24) is 19.1 Å². The summed E-state index contributed by atoms with van der Waals surface area (Å²) in [5.41, 5.74) is 0.268. The first-order valence-corrected chi connectivity index (χ1v) is 18.8. The Labute approximate surface area is 323 Å². The van der Waals surface area contributed by atoms with Gasteiger partial charge >= 0.3 is 11.9 Å². The molecule has 2 heterocycles. The number of halogens is 2. The molecule has 13 nitrogen and oxygen atoms in total. The van der Waals surface area contributed by atoms with Crippen molar-refractivity contribution in [3.8, 4) is 28.5 Å². The van der Waals surface area contributed by atoms with Gasteiger partial charge in [-0.05, 0) is 95.6 Å². The van der Waals surface area contributed by atoms with E-state index in [1.807, 2.05) is 13.8 Å². The maximum atomic E-state index is 16.2. The number of carboxylic acid groups (broad SMARTS) is 2. The molecule has 56 heavy (non-hydrogen) atoms. The van der Waals surface area contributed by atoms with Crippen LogP contribution in [-0.2, 0) is 39.9 Å². The summed E-state index contributed by atoms with van der Waals surface area (Å²) in [6.07, 6.45) is 1.02. The summed E-state index contributed by atoms with van der Waals surface area (Å²) in [5.74, 6) is -4.08. The van der Waals surface area contributed by atoms with Crippen molar-refractivity contribution in [3.05, 3.63) is 119 Å². The molecule has 0 saturated carbocycles. The highest BCUT2D eigenvalue weighted by Gasteiger charge is 2.40. The Balaban J connectivity index is 1.49. The number of hydrogen-bond acceptors (Lipinski definition) is 9. The maximum Gasteiger partial charge on any atom is 0.357 e. The summed E-state index contributed by atoms with van der Waals surface area (Å²) >= 11 is 0. The van der Waals surface area contributed by atoms with Crippen molar-refractivity contribution >= 4 is 22.0 Å². The fraction of sp³-hybridized carbons (Fsp3) is 0.300. The Hall–Kier alpha value is -5.87. The third-order valence-electron chi connectivity index (χ3n) is 9.01. The van der Waals surface area contributed by atoms with E-state index < -0.39 is 49.9 Å². The molecule has 0 fully saturated rings. The van der Waals surface area contributed by atoms with E-state index >= 15 is 4.39 Å². The normalized spacial score (nSPS) is 11.9. The second-order valence-electron chi connectivity index (χ2n) is 13.9. The molecule has 0 atom stereocenters. The van der Waals surface area contributed by atoms with Crippen molar-refractivity contribution in [2.24, 2.45) is 0 Å². The van der Waals surface area contributed by atoms with Crippen molar-refractivity contribution in [1.29, 1.82) is 0 Å². The van der Waals surface area contributed by atoms with E-state index in [2.05, 4.69) is 10.1 Å². The number of carboxylic acids is 2. The summed E-state index contributed by atoms with van der Waals surface area (Å²) in [5, 5.41) is 22.8. The van der Waals surface area contributed by atoms with Gasteiger partial charge in [-0.2, -0.15) is 9.40 Å². The Kier molecular flexibility index (Phi) is 12.4. The van der Waals surface area contributed by atoms with Gasteiger partial charge in [0.05, 0.1) is 26.2 Å². The van der Waals surface area contributed by atoms with Gasteiger partial charge < -0.3 is 24.4 Å². The summed E-state index contributed by atoms with van der Waals surface area (Å²) in [6.45, 7) is 5.78. The fourth-order valence-corrected chi connectivity index (χ4v) is 7.52. The van der Waals surface area contributed by atoms with Gasteiger partial charge in [0, 0.05) is 25.4 Å². The predicted molar refractivity (Wildman–Crippen MR) is 201 cm³/mol. The van der Waals surface area contributed by atoms with Crippen LogP contribution in [0.1, 0.15) is 66.4 Å². The quantitative estimate of drug-likeness (QED) is 0.100. The van der Waals surface area contributed by atoms with Crippen molar-refractivity contribution in [3.63, 3.8) is 0 Å². The summed E-state index contributed by atoms with van der Waals surface area (Å²) in [6, 6.07) is 18.8. The maximum absolute atomic E-state index is 16.2. The second kappa shape index (κ2) is 16.9. The number of rotatable bonds is 17. The lowest BCUT2D eigenvalue weighted by molar-refractivity contribution is -0.136. The van der Waals surface area contributed by atoms with Gasteiger partial charge in [0.1, 0.15) is 23.9 Å². The van der Waals surface area contributed by atoms with Crippen LogP contribution in [0.3, 0.4) is 0 Å². The molecule has 16 heteroatoms. The van der Waals surface area contributed by atoms with Gasteiger partial charge in [-0.25, -0.2) is 31.7 Å². The van der Waals surface area contributed by atoms with Crippen LogP contribution in [0.4, 0.5) is 8.78 Å². The van der Waals surface area contributed by atoms with Crippen LogP contribution >= 0.6 is 0 Å². The van der Waals surface area contributed by atoms with Gasteiger partial charge in [0.15, 0.2) is 11.5 Å². The first-order valence-electron chi connectivity index (χ1n) is 17.4. The zero-order valence-electron chi connectivity index (χ0n) is 31.6. The minimum Gasteiger partial charge on any atom is -0.497 e. The molecular formula is C40H42F2N4O9S. The Morgan fingerprint density at radius 2 is 1.46 bits per heavy atom. The van der Waals surface area contributed by atoms with E-state index in [0.29, 0.717) is 44.9 Å². The molecule has 296 valence electrons. The molecule has 0 aliphatic carbocycles. The predicted octanol–water partition coefficient (Wildman–Crippen LogP) is 6.89. The third kappa shape index (κ3) is 9.14. The molecule has 2 aromatic heterocycles. The highest BCUT2D eigenvalue weighted by Crippen LogP contribution is 2.34. The van der Waals surface area contributed by atoms with E-state index in [-0.39, 0.29) is 37.9 Å². The molecule has 0 radical (unpaired) electrons. The molecule has 0 aliphatic rings. The van der Waals surface area contributed by atoms with Gasteiger partial charge in [0.25, 0.3) is 10.0 Å². The number of methoxy groups -OCH3 is 2. The van der Waals surface area contributed by atoms with E-state index in [1.165, 1.54) is 52.5 Å². The third-order valence-corrected chi connectivity index (χ3v) is 10.7. The largest absolute Gasteiger partial charge is 0.497 e. The number of pyridine rings is 1. The van der Waals surface area contributed by atoms with Gasteiger partial charge in [0.2, 0.25) is 10.9 Å². The molecule has 0 saturated heterocycles. The lowest BCUT2D eigenvalue weighted by Crippen LogP contribution is -2.37. The molecule has 5 rings (SSSR count). The van der Waals surface area contributed by atoms with Crippen LogP contribution in [0.5, 0.6) is 17.4 Å². The van der Waals surface area contributed by atoms with Gasteiger partial charge in [-0.1, -0.05) is 38.1 Å². The Morgan fingerprint density at radius 1 is 0.893 bits per heavy atom. The van der Waals surface area contributed by atoms with Crippen LogP contribution in [0, 0.1) is 11.6 Å². The average molecular weight is 793 g/mol. The highest BCUT2D eigenvalue weighted by molar-refractivity contribution is 7.89. The number of sulfonamides is 1. The average Bonchev–Trinajstić information content (AvgIpc) is 3.53. The molecule has 2 N–H and O–H groups in total. The molecule has 0 aliphatic heterocycles. The van der Waals surface area contributed by atoms with Crippen molar-refractivity contribution in [2.45, 2.75) is 63.7 Å². The van der Waals surface area contributed by atoms with E-state index in [9.17, 15) is 32.6 Å². The number of carbonyl (C=O) groups is 2. The van der Waals surface area contributed by atoms with E-state index in [4.69, 9.17) is 14.2 Å². The minimum absolute atomic E-state index is 0.00489. The number of aromatic nitrogens is 3. The molecule has 5 aromatic rings. The molecule has 3 aromatic carbocycles. The smallest absolute Gasteiger partial charge is 0.357 e. The minimum atomic E-state index is -4.81.